The van der Waals surface area contributed by atoms with Gasteiger partial charge in [0.05, 0.1) is 6.10 Å². The molecule has 0 radical (unpaired) electrons. The molecule has 9 heteroatoms. The third kappa shape index (κ3) is 4.00. The Morgan fingerprint density at radius 1 is 1.28 bits per heavy atom. The minimum absolute atomic E-state index is 0.0332. The first-order valence-electron chi connectivity index (χ1n) is 7.85. The van der Waals surface area contributed by atoms with Crippen LogP contribution in [0.1, 0.15) is 20.8 Å². The highest BCUT2D eigenvalue weighted by Crippen LogP contribution is 2.34. The van der Waals surface area contributed by atoms with Gasteiger partial charge in [-0.2, -0.15) is 0 Å². The number of carbonyl (C=O) groups is 1. The van der Waals surface area contributed by atoms with E-state index in [1.54, 1.807) is 12.4 Å². The lowest BCUT2D eigenvalue weighted by molar-refractivity contribution is 0.234. The lowest BCUT2D eigenvalue weighted by Crippen LogP contribution is -2.28. The van der Waals surface area contributed by atoms with Gasteiger partial charge >= 0.3 is 6.03 Å². The topological polar surface area (TPSA) is 102 Å². The Morgan fingerprint density at radius 3 is 2.72 bits per heavy atom. The van der Waals surface area contributed by atoms with E-state index < -0.39 is 0 Å². The minimum Gasteiger partial charge on any atom is -0.474 e. The third-order valence-corrected chi connectivity index (χ3v) is 4.01. The zero-order chi connectivity index (χ0) is 17.8. The number of urea groups is 1. The van der Waals surface area contributed by atoms with Crippen molar-refractivity contribution in [2.24, 2.45) is 0 Å². The molecule has 0 unspecified atom stereocenters. The Hall–Kier alpha value is -2.81. The predicted molar refractivity (Wildman–Crippen MR) is 96.9 cm³/mol. The Kier molecular flexibility index (Phi) is 5.03. The van der Waals surface area contributed by atoms with Crippen molar-refractivity contribution in [3.63, 3.8) is 0 Å². The summed E-state index contributed by atoms with van der Waals surface area (Å²) in [7, 11) is 0. The van der Waals surface area contributed by atoms with E-state index in [0.717, 1.165) is 11.1 Å². The maximum absolute atomic E-state index is 11.7. The summed E-state index contributed by atoms with van der Waals surface area (Å²) in [4.78, 5) is 29.5. The van der Waals surface area contributed by atoms with E-state index in [-0.39, 0.29) is 12.1 Å². The molecule has 3 aromatic heterocycles. The summed E-state index contributed by atoms with van der Waals surface area (Å²) in [6.45, 7) is 6.26. The number of hydrogen-bond acceptors (Lipinski definition) is 7. The molecule has 0 bridgehead atoms. The Labute approximate surface area is 148 Å². The molecule has 25 heavy (non-hydrogen) atoms. The van der Waals surface area contributed by atoms with Crippen LogP contribution >= 0.6 is 11.3 Å². The molecule has 0 fully saturated rings. The molecule has 130 valence electrons. The van der Waals surface area contributed by atoms with Gasteiger partial charge in [0.15, 0.2) is 5.13 Å². The number of anilines is 1. The second-order valence-electron chi connectivity index (χ2n) is 5.46. The number of nitrogens with one attached hydrogen (secondary N) is 2. The fourth-order valence-electron chi connectivity index (χ4n) is 2.16. The molecule has 0 saturated carbocycles. The SMILES string of the molecule is CCNC(=O)Nc1nc2cc(-c3cncnc3)c(OC(C)C)nc2s1. The lowest BCUT2D eigenvalue weighted by atomic mass is 10.1. The highest BCUT2D eigenvalue weighted by atomic mass is 32.1. The Morgan fingerprint density at radius 2 is 2.04 bits per heavy atom. The van der Waals surface area contributed by atoms with Crippen LogP contribution in [0.4, 0.5) is 9.93 Å². The zero-order valence-corrected chi connectivity index (χ0v) is 14.9. The smallest absolute Gasteiger partial charge is 0.321 e. The lowest BCUT2D eigenvalue weighted by Gasteiger charge is -2.12. The van der Waals surface area contributed by atoms with E-state index in [9.17, 15) is 4.79 Å². The third-order valence-electron chi connectivity index (χ3n) is 3.13. The van der Waals surface area contributed by atoms with Crippen LogP contribution in [0.15, 0.2) is 24.8 Å². The number of rotatable bonds is 5. The van der Waals surface area contributed by atoms with Crippen molar-refractivity contribution in [2.75, 3.05) is 11.9 Å². The van der Waals surface area contributed by atoms with E-state index in [1.165, 1.54) is 17.7 Å². The molecular weight excluding hydrogens is 340 g/mol. The van der Waals surface area contributed by atoms with Crippen LogP contribution in [0.25, 0.3) is 21.5 Å². The highest BCUT2D eigenvalue weighted by molar-refractivity contribution is 7.22. The molecule has 0 aliphatic carbocycles. The monoisotopic (exact) mass is 358 g/mol. The number of nitrogens with zero attached hydrogens (tertiary/aromatic N) is 4. The molecule has 3 aromatic rings. The molecule has 0 atom stereocenters. The first kappa shape index (κ1) is 17.0. The van der Waals surface area contributed by atoms with Gasteiger partial charge in [-0.15, -0.1) is 0 Å². The van der Waals surface area contributed by atoms with Crippen molar-refractivity contribution >= 4 is 32.8 Å². The van der Waals surface area contributed by atoms with Crippen molar-refractivity contribution in [1.82, 2.24) is 25.3 Å². The van der Waals surface area contributed by atoms with Crippen molar-refractivity contribution in [3.05, 3.63) is 24.8 Å². The average molecular weight is 358 g/mol. The van der Waals surface area contributed by atoms with E-state index in [4.69, 9.17) is 4.74 Å². The highest BCUT2D eigenvalue weighted by Gasteiger charge is 2.16. The normalized spacial score (nSPS) is 10.9. The summed E-state index contributed by atoms with van der Waals surface area (Å²) in [5.41, 5.74) is 2.22. The molecule has 2 amide bonds. The average Bonchev–Trinajstić information content (AvgIpc) is 2.95. The standard InChI is InChI=1S/C16H18N6O2S/c1-4-19-15(23)22-16-20-12-5-11(10-6-17-8-18-7-10)13(24-9(2)3)21-14(12)25-16/h5-9H,4H2,1-3H3,(H2,19,20,22,23). The quantitative estimate of drug-likeness (QED) is 0.727. The van der Waals surface area contributed by atoms with Crippen LogP contribution < -0.4 is 15.4 Å². The number of hydrogen-bond donors (Lipinski definition) is 2. The molecule has 0 spiro atoms. The van der Waals surface area contributed by atoms with Crippen LogP contribution in [-0.2, 0) is 0 Å². The zero-order valence-electron chi connectivity index (χ0n) is 14.1. The van der Waals surface area contributed by atoms with E-state index in [1.807, 2.05) is 26.8 Å². The number of amides is 2. The Bertz CT molecular complexity index is 881. The summed E-state index contributed by atoms with van der Waals surface area (Å²) in [6.07, 6.45) is 4.83. The van der Waals surface area contributed by atoms with Crippen LogP contribution in [0.3, 0.4) is 0 Å². The molecular formula is C16H18N6O2S. The summed E-state index contributed by atoms with van der Waals surface area (Å²) >= 11 is 1.29. The van der Waals surface area contributed by atoms with Gasteiger partial charge in [-0.3, -0.25) is 5.32 Å². The van der Waals surface area contributed by atoms with Crippen molar-refractivity contribution in [1.29, 1.82) is 0 Å². The van der Waals surface area contributed by atoms with Gasteiger partial charge in [0.25, 0.3) is 0 Å². The Balaban J connectivity index is 2.03. The van der Waals surface area contributed by atoms with Crippen LogP contribution in [-0.4, -0.2) is 38.6 Å². The van der Waals surface area contributed by atoms with Gasteiger partial charge < -0.3 is 10.1 Å². The van der Waals surface area contributed by atoms with E-state index in [0.29, 0.717) is 27.9 Å². The summed E-state index contributed by atoms with van der Waals surface area (Å²) in [6, 6.07) is 1.58. The molecule has 2 N–H and O–H groups in total. The summed E-state index contributed by atoms with van der Waals surface area (Å²) < 4.78 is 5.85. The van der Waals surface area contributed by atoms with Gasteiger partial charge in [-0.1, -0.05) is 11.3 Å². The maximum Gasteiger partial charge on any atom is 0.321 e. The molecule has 0 aliphatic heterocycles. The minimum atomic E-state index is -0.295. The van der Waals surface area contributed by atoms with Crippen LogP contribution in [0.2, 0.25) is 0 Å². The van der Waals surface area contributed by atoms with Crippen LogP contribution in [0, 0.1) is 0 Å². The summed E-state index contributed by atoms with van der Waals surface area (Å²) in [5, 5.41) is 5.85. The van der Waals surface area contributed by atoms with Crippen molar-refractivity contribution in [3.8, 4) is 17.0 Å². The predicted octanol–water partition coefficient (Wildman–Crippen LogP) is 3.08. The number of carbonyl (C=O) groups excluding carboxylic acids is 1. The van der Waals surface area contributed by atoms with Gasteiger partial charge in [0, 0.05) is 30.1 Å². The second kappa shape index (κ2) is 7.39. The first-order chi connectivity index (χ1) is 12.1. The van der Waals surface area contributed by atoms with Gasteiger partial charge in [0.1, 0.15) is 16.7 Å². The number of thiazole rings is 1. The van der Waals surface area contributed by atoms with Gasteiger partial charge in [-0.05, 0) is 26.8 Å². The molecule has 3 rings (SSSR count). The maximum atomic E-state index is 11.7. The molecule has 0 saturated heterocycles. The number of ether oxygens (including phenoxy) is 1. The number of fused-ring (bicyclic) bond motifs is 1. The summed E-state index contributed by atoms with van der Waals surface area (Å²) in [5.74, 6) is 0.491. The first-order valence-corrected chi connectivity index (χ1v) is 8.67. The van der Waals surface area contributed by atoms with Gasteiger partial charge in [0.2, 0.25) is 5.88 Å². The molecule has 8 nitrogen and oxygen atoms in total. The fraction of sp³-hybridized carbons (Fsp3) is 0.312. The molecule has 3 heterocycles. The number of aromatic nitrogens is 4. The van der Waals surface area contributed by atoms with E-state index >= 15 is 0 Å². The van der Waals surface area contributed by atoms with Crippen LogP contribution in [0.5, 0.6) is 5.88 Å². The molecule has 0 aromatic carbocycles. The fourth-order valence-corrected chi connectivity index (χ4v) is 2.97. The van der Waals surface area contributed by atoms with Gasteiger partial charge in [-0.25, -0.2) is 24.7 Å². The van der Waals surface area contributed by atoms with E-state index in [2.05, 4.69) is 30.6 Å². The van der Waals surface area contributed by atoms with Crippen molar-refractivity contribution in [2.45, 2.75) is 26.9 Å². The molecule has 0 aliphatic rings. The second-order valence-corrected chi connectivity index (χ2v) is 6.44. The largest absolute Gasteiger partial charge is 0.474 e. The van der Waals surface area contributed by atoms with Crippen molar-refractivity contribution < 1.29 is 9.53 Å². The number of pyridine rings is 1.